The van der Waals surface area contributed by atoms with Crippen LogP contribution in [0.3, 0.4) is 0 Å². The average molecular weight is 160 g/mol. The molecule has 0 unspecified atom stereocenters. The van der Waals surface area contributed by atoms with E-state index in [0.717, 1.165) is 9.13 Å². The fourth-order valence-electron chi connectivity index (χ4n) is 0.323. The van der Waals surface area contributed by atoms with Crippen LogP contribution in [0.5, 0.6) is 0 Å². The molecule has 2 N–H and O–H groups in total. The zero-order valence-corrected chi connectivity index (χ0v) is 5.43. The van der Waals surface area contributed by atoms with Crippen LogP contribution in [0, 0.1) is 6.92 Å². The summed E-state index contributed by atoms with van der Waals surface area (Å²) in [5.41, 5.74) is 5.31. The average Bonchev–Trinajstić information content (AvgIpc) is 1.87. The molecule has 0 bridgehead atoms. The molecule has 0 atom stereocenters. The standard InChI is InChI=1S/C4H5N2Se/c1-3-2-6-4(5)7-3/h2H,1H2,(H2,5,6). The van der Waals surface area contributed by atoms with Crippen LogP contribution in [0.15, 0.2) is 6.20 Å². The summed E-state index contributed by atoms with van der Waals surface area (Å²) in [5.74, 6) is 0. The van der Waals surface area contributed by atoms with Crippen molar-refractivity contribution in [3.8, 4) is 0 Å². The van der Waals surface area contributed by atoms with Gasteiger partial charge in [-0.05, 0) is 0 Å². The van der Waals surface area contributed by atoms with E-state index in [9.17, 15) is 0 Å². The predicted octanol–water partition coefficient (Wildman–Crippen LogP) is -0.0970. The number of nitrogens with two attached hydrogens (primary N) is 1. The Hall–Kier alpha value is -0.271. The van der Waals surface area contributed by atoms with E-state index in [-0.39, 0.29) is 14.5 Å². The van der Waals surface area contributed by atoms with E-state index in [2.05, 4.69) is 11.9 Å². The summed E-state index contributed by atoms with van der Waals surface area (Å²) in [6, 6.07) is 0. The van der Waals surface area contributed by atoms with Gasteiger partial charge in [-0.25, -0.2) is 0 Å². The number of aromatic nitrogens is 1. The van der Waals surface area contributed by atoms with Gasteiger partial charge in [-0.1, -0.05) is 0 Å². The van der Waals surface area contributed by atoms with Crippen LogP contribution in [0.2, 0.25) is 0 Å². The summed E-state index contributed by atoms with van der Waals surface area (Å²) in [6.07, 6.45) is 1.72. The van der Waals surface area contributed by atoms with E-state index in [1.54, 1.807) is 6.20 Å². The second-order valence-corrected chi connectivity index (χ2v) is 3.57. The minimum absolute atomic E-state index is 0.264. The quantitative estimate of drug-likeness (QED) is 0.538. The normalized spacial score (nSPS) is 9.29. The van der Waals surface area contributed by atoms with E-state index in [0.29, 0.717) is 0 Å². The Morgan fingerprint density at radius 1 is 1.86 bits per heavy atom. The SMILES string of the molecule is [CH2]c1cnc(N)[se]1. The summed E-state index contributed by atoms with van der Waals surface area (Å²) in [4.78, 5) is 3.81. The first-order valence-corrected chi connectivity index (χ1v) is 3.53. The first-order chi connectivity index (χ1) is 3.29. The number of nitrogens with zero attached hydrogens (tertiary/aromatic N) is 1. The Bertz CT molecular complexity index is 142. The molecule has 0 amide bonds. The van der Waals surface area contributed by atoms with E-state index in [1.165, 1.54) is 0 Å². The fourth-order valence-corrected chi connectivity index (χ4v) is 1.33. The van der Waals surface area contributed by atoms with Crippen molar-refractivity contribution >= 4 is 19.2 Å². The Morgan fingerprint density at radius 3 is 2.71 bits per heavy atom. The van der Waals surface area contributed by atoms with Gasteiger partial charge in [0.2, 0.25) is 0 Å². The maximum atomic E-state index is 5.31. The zero-order valence-electron chi connectivity index (χ0n) is 3.72. The number of rotatable bonds is 0. The Morgan fingerprint density at radius 2 is 2.57 bits per heavy atom. The van der Waals surface area contributed by atoms with Gasteiger partial charge >= 0.3 is 47.5 Å². The first-order valence-electron chi connectivity index (χ1n) is 1.82. The van der Waals surface area contributed by atoms with Gasteiger partial charge in [-0.2, -0.15) is 0 Å². The summed E-state index contributed by atoms with van der Waals surface area (Å²) in [7, 11) is 0. The Balaban J connectivity index is 3.04. The Labute approximate surface area is 48.1 Å². The van der Waals surface area contributed by atoms with Crippen LogP contribution in [0.1, 0.15) is 4.44 Å². The van der Waals surface area contributed by atoms with Crippen LogP contribution in [-0.2, 0) is 0 Å². The van der Waals surface area contributed by atoms with Crippen molar-refractivity contribution < 1.29 is 0 Å². The van der Waals surface area contributed by atoms with Crippen LogP contribution in [0.4, 0.5) is 4.69 Å². The number of hydrogen-bond acceptors (Lipinski definition) is 2. The summed E-state index contributed by atoms with van der Waals surface area (Å²) < 4.78 is 1.79. The molecule has 0 saturated heterocycles. The minimum atomic E-state index is 0.264. The van der Waals surface area contributed by atoms with Crippen molar-refractivity contribution in [2.24, 2.45) is 0 Å². The van der Waals surface area contributed by atoms with Crippen LogP contribution < -0.4 is 5.73 Å². The van der Waals surface area contributed by atoms with Gasteiger partial charge in [0.25, 0.3) is 0 Å². The van der Waals surface area contributed by atoms with Gasteiger partial charge in [-0.15, -0.1) is 0 Å². The molecule has 3 heteroatoms. The molecule has 0 aromatic carbocycles. The molecule has 1 aromatic rings. The molecule has 1 radical (unpaired) electrons. The molecule has 0 saturated carbocycles. The van der Waals surface area contributed by atoms with Gasteiger partial charge in [0, 0.05) is 0 Å². The summed E-state index contributed by atoms with van der Waals surface area (Å²) >= 11 is 0.264. The molecule has 2 nitrogen and oxygen atoms in total. The van der Waals surface area contributed by atoms with E-state index in [4.69, 9.17) is 5.73 Å². The van der Waals surface area contributed by atoms with Crippen molar-refractivity contribution in [3.05, 3.63) is 17.6 Å². The molecule has 0 spiro atoms. The monoisotopic (exact) mass is 161 g/mol. The molecule has 37 valence electrons. The number of nitrogen functional groups attached to an aromatic ring is 1. The number of anilines is 1. The summed E-state index contributed by atoms with van der Waals surface area (Å²) in [6.45, 7) is 3.68. The third-order valence-corrected chi connectivity index (χ3v) is 2.00. The third-order valence-electron chi connectivity index (χ3n) is 0.571. The Kier molecular flexibility index (Phi) is 1.17. The van der Waals surface area contributed by atoms with Gasteiger partial charge in [0.1, 0.15) is 0 Å². The van der Waals surface area contributed by atoms with Gasteiger partial charge < -0.3 is 0 Å². The molecule has 0 fully saturated rings. The van der Waals surface area contributed by atoms with Gasteiger partial charge in [0.15, 0.2) is 0 Å². The molecule has 1 heterocycles. The molecule has 1 aromatic heterocycles. The van der Waals surface area contributed by atoms with Gasteiger partial charge in [0.05, 0.1) is 0 Å². The molecular formula is C4H5N2Se. The first kappa shape index (κ1) is 4.88. The van der Waals surface area contributed by atoms with Crippen molar-refractivity contribution in [3.63, 3.8) is 0 Å². The molecular weight excluding hydrogens is 155 g/mol. The second kappa shape index (κ2) is 1.68. The predicted molar refractivity (Wildman–Crippen MR) is 30.0 cm³/mol. The van der Waals surface area contributed by atoms with E-state index >= 15 is 0 Å². The van der Waals surface area contributed by atoms with Crippen molar-refractivity contribution in [2.75, 3.05) is 5.73 Å². The summed E-state index contributed by atoms with van der Waals surface area (Å²) in [5, 5.41) is 0. The van der Waals surface area contributed by atoms with Crippen LogP contribution in [0.25, 0.3) is 0 Å². The van der Waals surface area contributed by atoms with E-state index in [1.807, 2.05) is 0 Å². The molecule has 0 aliphatic carbocycles. The maximum absolute atomic E-state index is 5.31. The topological polar surface area (TPSA) is 38.9 Å². The number of hydrogen-bond donors (Lipinski definition) is 1. The molecule has 0 aliphatic rings. The van der Waals surface area contributed by atoms with Gasteiger partial charge in [-0.3, -0.25) is 0 Å². The zero-order chi connectivity index (χ0) is 5.28. The fraction of sp³-hybridized carbons (Fsp3) is 0. The second-order valence-electron chi connectivity index (χ2n) is 1.16. The van der Waals surface area contributed by atoms with Crippen molar-refractivity contribution in [1.82, 2.24) is 4.98 Å². The molecule has 0 aliphatic heterocycles. The van der Waals surface area contributed by atoms with E-state index < -0.39 is 0 Å². The van der Waals surface area contributed by atoms with Crippen LogP contribution >= 0.6 is 0 Å². The van der Waals surface area contributed by atoms with Crippen LogP contribution in [-0.4, -0.2) is 19.5 Å². The third kappa shape index (κ3) is 1.05. The van der Waals surface area contributed by atoms with Crippen molar-refractivity contribution in [2.45, 2.75) is 0 Å². The molecule has 7 heavy (non-hydrogen) atoms. The van der Waals surface area contributed by atoms with Crippen molar-refractivity contribution in [1.29, 1.82) is 0 Å². The molecule has 1 rings (SSSR count).